The first-order valence-corrected chi connectivity index (χ1v) is 10.5. The topological polar surface area (TPSA) is 50.7 Å². The molecular formula is C17H15BrF2N4S2. The number of hydrogen-bond donors (Lipinski definition) is 1. The SMILES string of the molecule is Cc1cc(Br)sc1-c1nnc(NCC2(c3ncccc3F)CC(F)C2)s1. The number of hydrogen-bond acceptors (Lipinski definition) is 6. The smallest absolute Gasteiger partial charge is 0.206 e. The molecule has 4 nitrogen and oxygen atoms in total. The van der Waals surface area contributed by atoms with Gasteiger partial charge in [-0.05, 0) is 59.5 Å². The molecule has 0 atom stereocenters. The van der Waals surface area contributed by atoms with Crippen molar-refractivity contribution < 1.29 is 8.78 Å². The Bertz CT molecular complexity index is 936. The third-order valence-electron chi connectivity index (χ3n) is 4.57. The van der Waals surface area contributed by atoms with Crippen LogP contribution in [0.4, 0.5) is 13.9 Å². The van der Waals surface area contributed by atoms with E-state index in [9.17, 15) is 8.78 Å². The van der Waals surface area contributed by atoms with Crippen molar-refractivity contribution in [2.75, 3.05) is 11.9 Å². The van der Waals surface area contributed by atoms with Gasteiger partial charge < -0.3 is 5.32 Å². The molecule has 26 heavy (non-hydrogen) atoms. The number of anilines is 1. The molecule has 3 aromatic heterocycles. The Kier molecular flexibility index (Phi) is 4.79. The molecule has 1 aliphatic carbocycles. The molecule has 0 aliphatic heterocycles. The number of aromatic nitrogens is 3. The molecule has 3 aromatic rings. The van der Waals surface area contributed by atoms with E-state index < -0.39 is 17.4 Å². The highest BCUT2D eigenvalue weighted by atomic mass is 79.9. The van der Waals surface area contributed by atoms with E-state index in [-0.39, 0.29) is 12.8 Å². The number of thiophene rings is 1. The van der Waals surface area contributed by atoms with Crippen molar-refractivity contribution in [3.8, 4) is 9.88 Å². The van der Waals surface area contributed by atoms with Gasteiger partial charge >= 0.3 is 0 Å². The molecule has 0 radical (unpaired) electrons. The predicted octanol–water partition coefficient (Wildman–Crippen LogP) is 5.35. The Morgan fingerprint density at radius 3 is 2.81 bits per heavy atom. The standard InChI is InChI=1S/C17H15BrF2N4S2/c1-9-5-12(18)25-13(9)15-23-24-16(26-15)22-8-17(6-10(19)7-17)14-11(20)3-2-4-21-14/h2-5,10H,6-8H2,1H3,(H,22,24). The fourth-order valence-electron chi connectivity index (χ4n) is 3.27. The summed E-state index contributed by atoms with van der Waals surface area (Å²) in [5.74, 6) is -0.391. The summed E-state index contributed by atoms with van der Waals surface area (Å²) in [7, 11) is 0. The number of alkyl halides is 1. The van der Waals surface area contributed by atoms with Crippen LogP contribution in [0.15, 0.2) is 28.2 Å². The van der Waals surface area contributed by atoms with Gasteiger partial charge in [0.05, 0.1) is 14.4 Å². The number of rotatable bonds is 5. The maximum Gasteiger partial charge on any atom is 0.206 e. The molecule has 4 rings (SSSR count). The van der Waals surface area contributed by atoms with Gasteiger partial charge in [-0.3, -0.25) is 4.98 Å². The molecule has 0 spiro atoms. The van der Waals surface area contributed by atoms with Crippen molar-refractivity contribution in [2.45, 2.75) is 31.4 Å². The summed E-state index contributed by atoms with van der Waals surface area (Å²) in [5, 5.41) is 13.1. The van der Waals surface area contributed by atoms with Gasteiger partial charge in [0.15, 0.2) is 5.01 Å². The lowest BCUT2D eigenvalue weighted by Crippen LogP contribution is -2.48. The lowest BCUT2D eigenvalue weighted by molar-refractivity contribution is 0.0965. The minimum atomic E-state index is -0.922. The lowest BCUT2D eigenvalue weighted by Gasteiger charge is -2.43. The highest BCUT2D eigenvalue weighted by Gasteiger charge is 2.48. The largest absolute Gasteiger partial charge is 0.359 e. The van der Waals surface area contributed by atoms with Crippen LogP contribution in [0.5, 0.6) is 0 Å². The highest BCUT2D eigenvalue weighted by molar-refractivity contribution is 9.11. The first-order chi connectivity index (χ1) is 12.5. The first-order valence-electron chi connectivity index (χ1n) is 8.06. The fraction of sp³-hybridized carbons (Fsp3) is 0.353. The van der Waals surface area contributed by atoms with Gasteiger partial charge in [-0.15, -0.1) is 21.5 Å². The van der Waals surface area contributed by atoms with Gasteiger partial charge in [-0.25, -0.2) is 8.78 Å². The van der Waals surface area contributed by atoms with E-state index in [1.807, 2.05) is 13.0 Å². The maximum atomic E-state index is 14.2. The van der Waals surface area contributed by atoms with Gasteiger partial charge in [0.2, 0.25) is 5.13 Å². The van der Waals surface area contributed by atoms with Crippen LogP contribution in [-0.2, 0) is 5.41 Å². The number of nitrogens with zero attached hydrogens (tertiary/aromatic N) is 3. The molecule has 0 unspecified atom stereocenters. The normalized spacial score (nSPS) is 22.2. The number of halogens is 3. The average Bonchev–Trinajstić information content (AvgIpc) is 3.17. The third kappa shape index (κ3) is 3.27. The quantitative estimate of drug-likeness (QED) is 0.561. The van der Waals surface area contributed by atoms with Crippen molar-refractivity contribution in [3.63, 3.8) is 0 Å². The molecule has 1 N–H and O–H groups in total. The van der Waals surface area contributed by atoms with Gasteiger partial charge in [-0.1, -0.05) is 11.3 Å². The summed E-state index contributed by atoms with van der Waals surface area (Å²) in [6, 6.07) is 4.96. The van der Waals surface area contributed by atoms with Crippen molar-refractivity contribution in [2.24, 2.45) is 0 Å². The molecule has 1 saturated carbocycles. The van der Waals surface area contributed by atoms with Crippen LogP contribution in [0.1, 0.15) is 24.1 Å². The van der Waals surface area contributed by atoms with Crippen LogP contribution in [0.25, 0.3) is 9.88 Å². The highest BCUT2D eigenvalue weighted by Crippen LogP contribution is 2.46. The Hall–Kier alpha value is -1.45. The lowest BCUT2D eigenvalue weighted by atomic mass is 9.65. The van der Waals surface area contributed by atoms with Crippen molar-refractivity contribution in [1.29, 1.82) is 0 Å². The van der Waals surface area contributed by atoms with E-state index in [1.54, 1.807) is 23.6 Å². The molecule has 1 fully saturated rings. The summed E-state index contributed by atoms with van der Waals surface area (Å²) in [6.07, 6.45) is 1.15. The van der Waals surface area contributed by atoms with Crippen LogP contribution < -0.4 is 5.32 Å². The van der Waals surface area contributed by atoms with Gasteiger partial charge in [0.25, 0.3) is 0 Å². The monoisotopic (exact) mass is 456 g/mol. The van der Waals surface area contributed by atoms with Crippen LogP contribution in [-0.4, -0.2) is 27.9 Å². The molecule has 9 heteroatoms. The van der Waals surface area contributed by atoms with Gasteiger partial charge in [-0.2, -0.15) is 0 Å². The molecule has 3 heterocycles. The Balaban J connectivity index is 1.53. The summed E-state index contributed by atoms with van der Waals surface area (Å²) in [4.78, 5) is 5.24. The van der Waals surface area contributed by atoms with Crippen LogP contribution >= 0.6 is 38.6 Å². The maximum absolute atomic E-state index is 14.2. The van der Waals surface area contributed by atoms with E-state index in [0.29, 0.717) is 17.4 Å². The van der Waals surface area contributed by atoms with Crippen LogP contribution in [0.3, 0.4) is 0 Å². The average molecular weight is 457 g/mol. The van der Waals surface area contributed by atoms with Crippen molar-refractivity contribution >= 4 is 43.7 Å². The molecule has 0 aromatic carbocycles. The van der Waals surface area contributed by atoms with Crippen LogP contribution in [0.2, 0.25) is 0 Å². The van der Waals surface area contributed by atoms with E-state index in [0.717, 1.165) is 19.2 Å². The third-order valence-corrected chi connectivity index (χ3v) is 7.34. The van der Waals surface area contributed by atoms with E-state index in [4.69, 9.17) is 0 Å². The Labute approximate surface area is 165 Å². The molecule has 1 aliphatic rings. The van der Waals surface area contributed by atoms with Gasteiger partial charge in [0.1, 0.15) is 12.0 Å². The summed E-state index contributed by atoms with van der Waals surface area (Å²) < 4.78 is 28.9. The van der Waals surface area contributed by atoms with Crippen LogP contribution in [0, 0.1) is 12.7 Å². The molecule has 0 bridgehead atoms. The van der Waals surface area contributed by atoms with E-state index in [2.05, 4.69) is 36.4 Å². The molecule has 136 valence electrons. The van der Waals surface area contributed by atoms with Crippen molar-refractivity contribution in [3.05, 3.63) is 45.3 Å². The number of pyridine rings is 1. The summed E-state index contributed by atoms with van der Waals surface area (Å²) in [5.41, 5.74) is 0.818. The zero-order valence-electron chi connectivity index (χ0n) is 13.8. The molecule has 0 saturated heterocycles. The molecule has 0 amide bonds. The zero-order chi connectivity index (χ0) is 18.3. The second-order valence-corrected chi connectivity index (χ2v) is 9.86. The summed E-state index contributed by atoms with van der Waals surface area (Å²) in [6.45, 7) is 2.41. The van der Waals surface area contributed by atoms with E-state index >= 15 is 0 Å². The molecular weight excluding hydrogens is 442 g/mol. The Morgan fingerprint density at radius 2 is 2.15 bits per heavy atom. The Morgan fingerprint density at radius 1 is 1.35 bits per heavy atom. The second-order valence-electron chi connectivity index (χ2n) is 6.45. The number of nitrogens with one attached hydrogen (secondary N) is 1. The summed E-state index contributed by atoms with van der Waals surface area (Å²) >= 11 is 6.52. The first kappa shape index (κ1) is 17.9. The van der Waals surface area contributed by atoms with Crippen molar-refractivity contribution in [1.82, 2.24) is 15.2 Å². The fourth-order valence-corrected chi connectivity index (χ4v) is 5.87. The minimum Gasteiger partial charge on any atom is -0.359 e. The minimum absolute atomic E-state index is 0.260. The zero-order valence-corrected chi connectivity index (χ0v) is 17.0. The predicted molar refractivity (Wildman–Crippen MR) is 104 cm³/mol. The van der Waals surface area contributed by atoms with Gasteiger partial charge in [0, 0.05) is 18.2 Å². The second kappa shape index (κ2) is 6.94. The number of aryl methyl sites for hydroxylation is 1. The van der Waals surface area contributed by atoms with E-state index in [1.165, 1.54) is 17.4 Å².